The molecule has 0 bridgehead atoms. The van der Waals surface area contributed by atoms with Crippen LogP contribution in [-0.2, 0) is 6.54 Å². The monoisotopic (exact) mass is 269 g/mol. The van der Waals surface area contributed by atoms with Crippen LogP contribution in [0.15, 0.2) is 30.5 Å². The highest BCUT2D eigenvalue weighted by atomic mass is 19.3. The summed E-state index contributed by atoms with van der Waals surface area (Å²) in [7, 11) is 0. The van der Waals surface area contributed by atoms with E-state index in [4.69, 9.17) is 5.11 Å². The maximum Gasteiger partial charge on any atom is 0.387 e. The minimum Gasteiger partial charge on any atom is -0.476 e. The van der Waals surface area contributed by atoms with Crippen LogP contribution in [0.25, 0.3) is 0 Å². The number of ether oxygens (including phenoxy) is 1. The molecule has 0 aliphatic rings. The van der Waals surface area contributed by atoms with Crippen molar-refractivity contribution >= 4 is 5.97 Å². The Balaban J connectivity index is 2.20. The highest BCUT2D eigenvalue weighted by molar-refractivity contribution is 5.84. The second kappa shape index (κ2) is 5.42. The first-order valence-corrected chi connectivity index (χ1v) is 5.22. The molecule has 19 heavy (non-hydrogen) atoms. The first-order valence-electron chi connectivity index (χ1n) is 5.22. The van der Waals surface area contributed by atoms with Crippen molar-refractivity contribution in [1.29, 1.82) is 0 Å². The number of carboxylic acid groups (broad SMARTS) is 1. The Bertz CT molecular complexity index is 586. The van der Waals surface area contributed by atoms with E-state index in [9.17, 15) is 13.6 Å². The second-order valence-corrected chi connectivity index (χ2v) is 3.59. The number of benzene rings is 1. The highest BCUT2D eigenvalue weighted by Crippen LogP contribution is 2.20. The van der Waals surface area contributed by atoms with Crippen LogP contribution in [-0.4, -0.2) is 32.7 Å². The molecular weight excluding hydrogens is 260 g/mol. The van der Waals surface area contributed by atoms with E-state index in [2.05, 4.69) is 15.0 Å². The molecule has 0 radical (unpaired) electrons. The molecule has 8 heteroatoms. The predicted octanol–water partition coefficient (Wildman–Crippen LogP) is 1.63. The zero-order valence-corrected chi connectivity index (χ0v) is 9.53. The number of para-hydroxylation sites is 1. The fourth-order valence-electron chi connectivity index (χ4n) is 1.49. The summed E-state index contributed by atoms with van der Waals surface area (Å²) in [5, 5.41) is 15.7. The summed E-state index contributed by atoms with van der Waals surface area (Å²) in [6, 6.07) is 6.20. The number of aromatic carboxylic acids is 1. The van der Waals surface area contributed by atoms with Crippen LogP contribution in [0.1, 0.15) is 16.1 Å². The van der Waals surface area contributed by atoms with E-state index in [0.29, 0.717) is 5.56 Å². The Morgan fingerprint density at radius 1 is 1.42 bits per heavy atom. The smallest absolute Gasteiger partial charge is 0.387 e. The number of aromatic nitrogens is 3. The lowest BCUT2D eigenvalue weighted by Crippen LogP contribution is -2.07. The number of carbonyl (C=O) groups is 1. The largest absolute Gasteiger partial charge is 0.476 e. The van der Waals surface area contributed by atoms with E-state index in [1.807, 2.05) is 0 Å². The van der Waals surface area contributed by atoms with Crippen molar-refractivity contribution in [3.05, 3.63) is 41.7 Å². The molecular formula is C11H9F2N3O3. The van der Waals surface area contributed by atoms with Gasteiger partial charge in [0.15, 0.2) is 5.69 Å². The third-order valence-electron chi connectivity index (χ3n) is 2.28. The number of hydrogen-bond donors (Lipinski definition) is 1. The predicted molar refractivity (Wildman–Crippen MR) is 59.2 cm³/mol. The van der Waals surface area contributed by atoms with E-state index < -0.39 is 12.6 Å². The number of hydrogen-bond acceptors (Lipinski definition) is 4. The SMILES string of the molecule is O=C(O)c1cn(Cc2ccccc2OC(F)F)nn1. The maximum atomic E-state index is 12.2. The summed E-state index contributed by atoms with van der Waals surface area (Å²) < 4.78 is 30.0. The van der Waals surface area contributed by atoms with Gasteiger partial charge >= 0.3 is 12.6 Å². The Labute approximate surface area is 106 Å². The lowest BCUT2D eigenvalue weighted by Gasteiger charge is -2.09. The van der Waals surface area contributed by atoms with Crippen molar-refractivity contribution in [2.75, 3.05) is 0 Å². The van der Waals surface area contributed by atoms with Crippen LogP contribution in [0.4, 0.5) is 8.78 Å². The molecule has 1 N–H and O–H groups in total. The molecule has 0 atom stereocenters. The van der Waals surface area contributed by atoms with Crippen molar-refractivity contribution in [2.45, 2.75) is 13.2 Å². The molecule has 2 aromatic rings. The lowest BCUT2D eigenvalue weighted by molar-refractivity contribution is -0.0505. The van der Waals surface area contributed by atoms with Gasteiger partial charge in [0.05, 0.1) is 12.7 Å². The van der Waals surface area contributed by atoms with Crippen LogP contribution in [0, 0.1) is 0 Å². The minimum absolute atomic E-state index is 0.0184. The van der Waals surface area contributed by atoms with Gasteiger partial charge in [-0.15, -0.1) is 5.10 Å². The fourth-order valence-corrected chi connectivity index (χ4v) is 1.49. The Morgan fingerprint density at radius 3 is 2.79 bits per heavy atom. The van der Waals surface area contributed by atoms with E-state index in [1.54, 1.807) is 18.2 Å². The number of nitrogens with zero attached hydrogens (tertiary/aromatic N) is 3. The van der Waals surface area contributed by atoms with Gasteiger partial charge in [-0.05, 0) is 6.07 Å². The highest BCUT2D eigenvalue weighted by Gasteiger charge is 2.12. The van der Waals surface area contributed by atoms with E-state index in [0.717, 1.165) is 0 Å². The quantitative estimate of drug-likeness (QED) is 0.892. The summed E-state index contributed by atoms with van der Waals surface area (Å²) in [6.07, 6.45) is 1.21. The van der Waals surface area contributed by atoms with Gasteiger partial charge in [0.1, 0.15) is 5.75 Å². The van der Waals surface area contributed by atoms with Gasteiger partial charge in [-0.3, -0.25) is 0 Å². The summed E-state index contributed by atoms with van der Waals surface area (Å²) in [6.45, 7) is -2.84. The van der Waals surface area contributed by atoms with E-state index in [-0.39, 0.29) is 18.0 Å². The molecule has 6 nitrogen and oxygen atoms in total. The van der Waals surface area contributed by atoms with Gasteiger partial charge in [-0.1, -0.05) is 23.4 Å². The van der Waals surface area contributed by atoms with Crippen molar-refractivity contribution < 1.29 is 23.4 Å². The van der Waals surface area contributed by atoms with Crippen molar-refractivity contribution in [1.82, 2.24) is 15.0 Å². The molecule has 0 fully saturated rings. The van der Waals surface area contributed by atoms with Crippen LogP contribution < -0.4 is 4.74 Å². The molecule has 0 saturated heterocycles. The fraction of sp³-hybridized carbons (Fsp3) is 0.182. The Hall–Kier alpha value is -2.51. The maximum absolute atomic E-state index is 12.2. The van der Waals surface area contributed by atoms with Gasteiger partial charge in [-0.25, -0.2) is 9.48 Å². The average Bonchev–Trinajstić information content (AvgIpc) is 2.80. The van der Waals surface area contributed by atoms with Crippen LogP contribution in [0.5, 0.6) is 5.75 Å². The number of rotatable bonds is 5. The molecule has 100 valence electrons. The molecule has 1 aromatic heterocycles. The number of carboxylic acids is 1. The molecule has 0 aliphatic heterocycles. The van der Waals surface area contributed by atoms with E-state index >= 15 is 0 Å². The normalized spacial score (nSPS) is 10.7. The van der Waals surface area contributed by atoms with Crippen LogP contribution >= 0.6 is 0 Å². The molecule has 1 heterocycles. The molecule has 0 spiro atoms. The van der Waals surface area contributed by atoms with Crippen molar-refractivity contribution in [3.63, 3.8) is 0 Å². The van der Waals surface area contributed by atoms with Crippen molar-refractivity contribution in [2.24, 2.45) is 0 Å². The summed E-state index contributed by atoms with van der Waals surface area (Å²) >= 11 is 0. The average molecular weight is 269 g/mol. The topological polar surface area (TPSA) is 77.2 Å². The third kappa shape index (κ3) is 3.24. The van der Waals surface area contributed by atoms with Gasteiger partial charge in [0, 0.05) is 5.56 Å². The number of alkyl halides is 2. The standard InChI is InChI=1S/C11H9F2N3O3/c12-11(13)19-9-4-2-1-3-7(9)5-16-6-8(10(17)18)14-15-16/h1-4,6,11H,5H2,(H,17,18). The number of halogens is 2. The van der Waals surface area contributed by atoms with E-state index in [1.165, 1.54) is 16.9 Å². The third-order valence-corrected chi connectivity index (χ3v) is 2.28. The zero-order valence-electron chi connectivity index (χ0n) is 9.53. The van der Waals surface area contributed by atoms with Crippen LogP contribution in [0.2, 0.25) is 0 Å². The summed E-state index contributed by atoms with van der Waals surface area (Å²) in [5.74, 6) is -1.19. The van der Waals surface area contributed by atoms with Gasteiger partial charge < -0.3 is 9.84 Å². The summed E-state index contributed by atoms with van der Waals surface area (Å²) in [4.78, 5) is 10.6. The molecule has 0 saturated carbocycles. The second-order valence-electron chi connectivity index (χ2n) is 3.59. The Kier molecular flexibility index (Phi) is 3.69. The van der Waals surface area contributed by atoms with Crippen molar-refractivity contribution in [3.8, 4) is 5.75 Å². The first kappa shape index (κ1) is 12.9. The molecule has 2 rings (SSSR count). The molecule has 0 aliphatic carbocycles. The zero-order chi connectivity index (χ0) is 13.8. The minimum atomic E-state index is -2.92. The molecule has 1 aromatic carbocycles. The van der Waals surface area contributed by atoms with Gasteiger partial charge in [0.25, 0.3) is 0 Å². The lowest BCUT2D eigenvalue weighted by atomic mass is 10.2. The van der Waals surface area contributed by atoms with Gasteiger partial charge in [0.2, 0.25) is 0 Å². The first-order chi connectivity index (χ1) is 9.06. The van der Waals surface area contributed by atoms with Gasteiger partial charge in [-0.2, -0.15) is 8.78 Å². The summed E-state index contributed by atoms with van der Waals surface area (Å²) in [5.41, 5.74) is 0.233. The molecule has 0 unspecified atom stereocenters. The Morgan fingerprint density at radius 2 is 2.16 bits per heavy atom. The van der Waals surface area contributed by atoms with Crippen LogP contribution in [0.3, 0.4) is 0 Å². The molecule has 0 amide bonds.